The van der Waals surface area contributed by atoms with Crippen molar-refractivity contribution in [2.45, 2.75) is 31.4 Å². The molecule has 2 aliphatic heterocycles. The van der Waals surface area contributed by atoms with E-state index in [1.54, 1.807) is 24.4 Å². The monoisotopic (exact) mass is 523 g/mol. The van der Waals surface area contributed by atoms with E-state index in [9.17, 15) is 9.90 Å². The van der Waals surface area contributed by atoms with Crippen molar-refractivity contribution in [2.75, 3.05) is 32.8 Å². The lowest BCUT2D eigenvalue weighted by molar-refractivity contribution is -0.132. The molecule has 3 fully saturated rings. The van der Waals surface area contributed by atoms with Crippen molar-refractivity contribution in [1.29, 1.82) is 0 Å². The third-order valence-electron chi connectivity index (χ3n) is 7.63. The third kappa shape index (κ3) is 4.89. The van der Waals surface area contributed by atoms with Crippen molar-refractivity contribution in [3.05, 3.63) is 57.2 Å². The Morgan fingerprint density at radius 3 is 2.71 bits per heavy atom. The molecule has 3 unspecified atom stereocenters. The van der Waals surface area contributed by atoms with E-state index < -0.39 is 0 Å². The molecular formula is C25H28Cl3N3O3. The molecule has 0 bridgehead atoms. The Morgan fingerprint density at radius 1 is 1.18 bits per heavy atom. The molecule has 1 aromatic carbocycles. The number of carbonyl (C=O) groups is 1. The molecule has 5 rings (SSSR count). The number of ether oxygens (including phenoxy) is 1. The molecule has 9 heteroatoms. The minimum Gasteiger partial charge on any atom is -0.474 e. The van der Waals surface area contributed by atoms with Gasteiger partial charge in [0.15, 0.2) is 0 Å². The van der Waals surface area contributed by atoms with Crippen LogP contribution in [0.15, 0.2) is 36.5 Å². The largest absolute Gasteiger partial charge is 0.474 e. The zero-order chi connectivity index (χ0) is 24.0. The van der Waals surface area contributed by atoms with Gasteiger partial charge in [-0.3, -0.25) is 9.69 Å². The standard InChI is InChI=1S/C25H28Cl3N3O3/c1-14(34-24-5-3-17(26)8-29-24)19-10-31(11-20(19)15-2-4-21(27)22(28)7-15)25(33)12-30-9-16-6-18(16)23(30)13-32/h2-5,7-8,14,16,18-20,23,32H,6,9-13H2,1H3/t14-,16?,18?,19+,20+,23?/m1/s1. The van der Waals surface area contributed by atoms with E-state index >= 15 is 0 Å². The minimum absolute atomic E-state index is 0.0410. The lowest BCUT2D eigenvalue weighted by atomic mass is 9.86. The maximum absolute atomic E-state index is 13.3. The number of carbonyl (C=O) groups excluding carboxylic acids is 1. The Balaban J connectivity index is 1.33. The lowest BCUT2D eigenvalue weighted by Crippen LogP contribution is -2.44. The highest BCUT2D eigenvalue weighted by Gasteiger charge is 2.52. The van der Waals surface area contributed by atoms with Crippen molar-refractivity contribution >= 4 is 40.7 Å². The first-order chi connectivity index (χ1) is 16.3. The minimum atomic E-state index is -0.199. The molecule has 2 saturated heterocycles. The number of nitrogens with zero attached hydrogens (tertiary/aromatic N) is 3. The number of aromatic nitrogens is 1. The fourth-order valence-corrected chi connectivity index (χ4v) is 6.10. The van der Waals surface area contributed by atoms with Crippen LogP contribution in [0.25, 0.3) is 0 Å². The summed E-state index contributed by atoms with van der Waals surface area (Å²) in [5.41, 5.74) is 1.03. The van der Waals surface area contributed by atoms with Crippen molar-refractivity contribution in [3.8, 4) is 5.88 Å². The van der Waals surface area contributed by atoms with Crippen molar-refractivity contribution < 1.29 is 14.6 Å². The van der Waals surface area contributed by atoms with Gasteiger partial charge >= 0.3 is 0 Å². The Labute approximate surface area is 214 Å². The molecule has 6 nitrogen and oxygen atoms in total. The number of fused-ring (bicyclic) bond motifs is 1. The number of likely N-dealkylation sites (tertiary alicyclic amines) is 2. The number of aliphatic hydroxyl groups is 1. The maximum Gasteiger partial charge on any atom is 0.236 e. The summed E-state index contributed by atoms with van der Waals surface area (Å²) in [6.07, 6.45) is 2.53. The summed E-state index contributed by atoms with van der Waals surface area (Å²) in [4.78, 5) is 21.7. The van der Waals surface area contributed by atoms with Crippen LogP contribution in [0, 0.1) is 17.8 Å². The van der Waals surface area contributed by atoms with Gasteiger partial charge in [-0.05, 0) is 48.9 Å². The van der Waals surface area contributed by atoms with Crippen LogP contribution >= 0.6 is 34.8 Å². The van der Waals surface area contributed by atoms with E-state index in [-0.39, 0.29) is 36.5 Å². The Bertz CT molecular complexity index is 1050. The maximum atomic E-state index is 13.3. The normalized spacial score (nSPS) is 29.2. The number of hydrogen-bond donors (Lipinski definition) is 1. The van der Waals surface area contributed by atoms with Crippen LogP contribution in [0.3, 0.4) is 0 Å². The number of hydrogen-bond acceptors (Lipinski definition) is 5. The summed E-state index contributed by atoms with van der Waals surface area (Å²) in [6, 6.07) is 9.27. The Hall–Kier alpha value is -1.57. The van der Waals surface area contributed by atoms with Crippen molar-refractivity contribution in [2.24, 2.45) is 17.8 Å². The SMILES string of the molecule is C[C@@H](Oc1ccc(Cl)cn1)[C@@H]1CN(C(=O)CN2CC3CC3C2CO)C[C@H]1c1ccc(Cl)c(Cl)c1. The van der Waals surface area contributed by atoms with Crippen LogP contribution in [0.4, 0.5) is 0 Å². The number of pyridine rings is 1. The summed E-state index contributed by atoms with van der Waals surface area (Å²) in [5, 5.41) is 11.4. The first kappa shape index (κ1) is 24.1. The molecule has 0 radical (unpaired) electrons. The van der Waals surface area contributed by atoms with E-state index in [2.05, 4.69) is 9.88 Å². The Kier molecular flexibility index (Phi) is 6.97. The van der Waals surface area contributed by atoms with E-state index in [0.717, 1.165) is 12.1 Å². The molecule has 2 aromatic rings. The summed E-state index contributed by atoms with van der Waals surface area (Å²) in [7, 11) is 0. The molecule has 1 aliphatic carbocycles. The average Bonchev–Trinajstić information content (AvgIpc) is 3.27. The fraction of sp³-hybridized carbons (Fsp3) is 0.520. The number of aliphatic hydroxyl groups excluding tert-OH is 1. The molecule has 3 aliphatic rings. The number of halogens is 3. The van der Waals surface area contributed by atoms with E-state index in [1.807, 2.05) is 24.0 Å². The first-order valence-corrected chi connectivity index (χ1v) is 12.8. The van der Waals surface area contributed by atoms with Gasteiger partial charge in [0.25, 0.3) is 0 Å². The van der Waals surface area contributed by atoms with Crippen LogP contribution in [-0.4, -0.2) is 70.7 Å². The topological polar surface area (TPSA) is 65.9 Å². The average molecular weight is 525 g/mol. The first-order valence-electron chi connectivity index (χ1n) is 11.7. The van der Waals surface area contributed by atoms with Gasteiger partial charge in [0, 0.05) is 49.8 Å². The lowest BCUT2D eigenvalue weighted by Gasteiger charge is -2.27. The second kappa shape index (κ2) is 9.82. The summed E-state index contributed by atoms with van der Waals surface area (Å²) in [6.45, 7) is 4.51. The molecule has 0 spiro atoms. The van der Waals surface area contributed by atoms with Gasteiger partial charge in [0.1, 0.15) is 6.10 Å². The fourth-order valence-electron chi connectivity index (χ4n) is 5.68. The molecule has 6 atom stereocenters. The molecule has 1 saturated carbocycles. The number of benzene rings is 1. The van der Waals surface area contributed by atoms with Gasteiger partial charge in [0.05, 0.1) is 28.2 Å². The molecule has 1 N–H and O–H groups in total. The van der Waals surface area contributed by atoms with Gasteiger partial charge < -0.3 is 14.7 Å². The van der Waals surface area contributed by atoms with Crippen LogP contribution in [0.5, 0.6) is 5.88 Å². The predicted octanol–water partition coefficient (Wildman–Crippen LogP) is 4.36. The molecule has 3 heterocycles. The molecular weight excluding hydrogens is 497 g/mol. The summed E-state index contributed by atoms with van der Waals surface area (Å²) >= 11 is 18.4. The number of piperidine rings is 1. The predicted molar refractivity (Wildman–Crippen MR) is 133 cm³/mol. The summed E-state index contributed by atoms with van der Waals surface area (Å²) in [5.74, 6) is 1.86. The third-order valence-corrected chi connectivity index (χ3v) is 8.60. The molecule has 1 aromatic heterocycles. The van der Waals surface area contributed by atoms with E-state index in [1.165, 1.54) is 6.42 Å². The second-order valence-electron chi connectivity index (χ2n) is 9.72. The Morgan fingerprint density at radius 2 is 2.00 bits per heavy atom. The van der Waals surface area contributed by atoms with Crippen molar-refractivity contribution in [3.63, 3.8) is 0 Å². The quantitative estimate of drug-likeness (QED) is 0.583. The second-order valence-corrected chi connectivity index (χ2v) is 11.0. The van der Waals surface area contributed by atoms with E-state index in [0.29, 0.717) is 52.4 Å². The summed E-state index contributed by atoms with van der Waals surface area (Å²) < 4.78 is 6.16. The van der Waals surface area contributed by atoms with Gasteiger partial charge in [-0.1, -0.05) is 40.9 Å². The highest BCUT2D eigenvalue weighted by molar-refractivity contribution is 6.42. The van der Waals surface area contributed by atoms with Crippen LogP contribution in [0.1, 0.15) is 24.8 Å². The van der Waals surface area contributed by atoms with Gasteiger partial charge in [-0.2, -0.15) is 0 Å². The molecule has 34 heavy (non-hydrogen) atoms. The van der Waals surface area contributed by atoms with Gasteiger partial charge in [0.2, 0.25) is 11.8 Å². The van der Waals surface area contributed by atoms with Crippen molar-refractivity contribution in [1.82, 2.24) is 14.8 Å². The van der Waals surface area contributed by atoms with Crippen LogP contribution in [0.2, 0.25) is 15.1 Å². The number of amides is 1. The zero-order valence-corrected chi connectivity index (χ0v) is 21.2. The molecule has 1 amide bonds. The smallest absolute Gasteiger partial charge is 0.236 e. The highest BCUT2D eigenvalue weighted by atomic mass is 35.5. The van der Waals surface area contributed by atoms with Crippen LogP contribution < -0.4 is 4.74 Å². The highest BCUT2D eigenvalue weighted by Crippen LogP contribution is 2.49. The van der Waals surface area contributed by atoms with Gasteiger partial charge in [-0.25, -0.2) is 4.98 Å². The zero-order valence-electron chi connectivity index (χ0n) is 18.9. The number of rotatable bonds is 7. The van der Waals surface area contributed by atoms with Gasteiger partial charge in [-0.15, -0.1) is 0 Å². The van der Waals surface area contributed by atoms with E-state index in [4.69, 9.17) is 39.5 Å². The van der Waals surface area contributed by atoms with Crippen LogP contribution in [-0.2, 0) is 4.79 Å². The molecule has 182 valence electrons.